The van der Waals surface area contributed by atoms with E-state index in [9.17, 15) is 18.0 Å². The summed E-state index contributed by atoms with van der Waals surface area (Å²) < 4.78 is 43.8. The Kier molecular flexibility index (Phi) is 5.63. The number of benzene rings is 2. The maximum absolute atomic E-state index is 12.8. The van der Waals surface area contributed by atoms with Gasteiger partial charge in [-0.2, -0.15) is 18.2 Å². The topological polar surface area (TPSA) is 64.1 Å². The summed E-state index contributed by atoms with van der Waals surface area (Å²) in [4.78, 5) is 20.7. The van der Waals surface area contributed by atoms with Crippen molar-refractivity contribution in [2.45, 2.75) is 32.4 Å². The van der Waals surface area contributed by atoms with Gasteiger partial charge < -0.3 is 10.1 Å². The van der Waals surface area contributed by atoms with Crippen molar-refractivity contribution in [3.63, 3.8) is 0 Å². The highest BCUT2D eigenvalue weighted by Crippen LogP contribution is 2.30. The quantitative estimate of drug-likeness (QED) is 0.624. The van der Waals surface area contributed by atoms with Crippen LogP contribution in [0.25, 0.3) is 11.4 Å². The van der Waals surface area contributed by atoms with Gasteiger partial charge in [-0.05, 0) is 61.6 Å². The van der Waals surface area contributed by atoms with Crippen LogP contribution in [0.2, 0.25) is 0 Å². The Labute approximate surface area is 177 Å². The van der Waals surface area contributed by atoms with Crippen LogP contribution in [-0.2, 0) is 23.8 Å². The first-order valence-corrected chi connectivity index (χ1v) is 9.86. The molecule has 0 saturated heterocycles. The van der Waals surface area contributed by atoms with Crippen LogP contribution in [0.5, 0.6) is 5.88 Å². The molecular formula is C23H20F3N3O2. The summed E-state index contributed by atoms with van der Waals surface area (Å²) >= 11 is 0. The molecule has 4 rings (SSSR count). The highest BCUT2D eigenvalue weighted by atomic mass is 19.4. The summed E-state index contributed by atoms with van der Waals surface area (Å²) in [7, 11) is 0. The second-order valence-electron chi connectivity index (χ2n) is 7.42. The minimum Gasteiger partial charge on any atom is -0.467 e. The van der Waals surface area contributed by atoms with E-state index in [4.69, 9.17) is 4.74 Å². The molecule has 1 N–H and O–H groups in total. The average Bonchev–Trinajstić information content (AvgIpc) is 3.19. The molecule has 0 atom stereocenters. The molecule has 1 aliphatic rings. The van der Waals surface area contributed by atoms with Gasteiger partial charge in [0, 0.05) is 23.0 Å². The number of nitrogens with zero attached hydrogens (tertiary/aromatic N) is 2. The summed E-state index contributed by atoms with van der Waals surface area (Å²) in [5.74, 6) is 0.0690. The number of anilines is 1. The van der Waals surface area contributed by atoms with Crippen molar-refractivity contribution in [2.24, 2.45) is 0 Å². The summed E-state index contributed by atoms with van der Waals surface area (Å²) in [6, 6.07) is 12.0. The van der Waals surface area contributed by atoms with Crippen molar-refractivity contribution < 1.29 is 22.7 Å². The third-order valence-corrected chi connectivity index (χ3v) is 5.03. The smallest absolute Gasteiger partial charge is 0.416 e. The highest BCUT2D eigenvalue weighted by Gasteiger charge is 2.30. The minimum absolute atomic E-state index is 0.173. The number of carbonyl (C=O) groups is 1. The van der Waals surface area contributed by atoms with E-state index in [2.05, 4.69) is 15.3 Å². The molecule has 160 valence electrons. The standard InChI is InChI=1S/C23H20F3N3O2/c1-14-11-21(29-22(27-14)16-5-8-18(9-6-16)23(24,25)26)31-13-20(30)28-19-10-7-15-3-2-4-17(15)12-19/h5-12H,2-4,13H2,1H3,(H,28,30). The van der Waals surface area contributed by atoms with Crippen molar-refractivity contribution in [1.29, 1.82) is 0 Å². The summed E-state index contributed by atoms with van der Waals surface area (Å²) in [6.45, 7) is 1.47. The van der Waals surface area contributed by atoms with Crippen molar-refractivity contribution >= 4 is 11.6 Å². The molecule has 5 nitrogen and oxygen atoms in total. The SMILES string of the molecule is Cc1cc(OCC(=O)Nc2ccc3c(c2)CCC3)nc(-c2ccc(C(F)(F)F)cc2)n1. The van der Waals surface area contributed by atoms with Crippen LogP contribution >= 0.6 is 0 Å². The normalized spacial score (nSPS) is 13.0. The molecule has 0 radical (unpaired) electrons. The van der Waals surface area contributed by atoms with Gasteiger partial charge in [-0.3, -0.25) is 4.79 Å². The lowest BCUT2D eigenvalue weighted by Gasteiger charge is -2.10. The molecule has 0 aliphatic heterocycles. The molecule has 0 fully saturated rings. The van der Waals surface area contributed by atoms with Gasteiger partial charge >= 0.3 is 6.18 Å². The Morgan fingerprint density at radius 2 is 1.77 bits per heavy atom. The van der Waals surface area contributed by atoms with Crippen LogP contribution < -0.4 is 10.1 Å². The molecular weight excluding hydrogens is 407 g/mol. The largest absolute Gasteiger partial charge is 0.467 e. The Morgan fingerprint density at radius 1 is 1.03 bits per heavy atom. The van der Waals surface area contributed by atoms with Gasteiger partial charge in [0.1, 0.15) is 0 Å². The van der Waals surface area contributed by atoms with E-state index in [1.165, 1.54) is 23.3 Å². The molecule has 0 saturated carbocycles. The molecule has 2 aromatic carbocycles. The Bertz CT molecular complexity index is 1110. The summed E-state index contributed by atoms with van der Waals surface area (Å²) in [6.07, 6.45) is -1.19. The number of amides is 1. The van der Waals surface area contributed by atoms with E-state index in [-0.39, 0.29) is 24.2 Å². The first-order valence-electron chi connectivity index (χ1n) is 9.86. The number of hydrogen-bond acceptors (Lipinski definition) is 4. The number of carbonyl (C=O) groups excluding carboxylic acids is 1. The maximum atomic E-state index is 12.8. The van der Waals surface area contributed by atoms with Gasteiger partial charge in [0.15, 0.2) is 12.4 Å². The van der Waals surface area contributed by atoms with Crippen LogP contribution in [0.3, 0.4) is 0 Å². The number of aryl methyl sites for hydroxylation is 3. The first-order chi connectivity index (χ1) is 14.8. The van der Waals surface area contributed by atoms with Crippen molar-refractivity contribution in [3.8, 4) is 17.3 Å². The van der Waals surface area contributed by atoms with Gasteiger partial charge in [-0.25, -0.2) is 4.98 Å². The Hall–Kier alpha value is -3.42. The molecule has 0 spiro atoms. The highest BCUT2D eigenvalue weighted by molar-refractivity contribution is 5.92. The van der Waals surface area contributed by atoms with Gasteiger partial charge in [-0.1, -0.05) is 18.2 Å². The molecule has 1 aliphatic carbocycles. The molecule has 1 amide bonds. The fourth-order valence-corrected chi connectivity index (χ4v) is 3.54. The van der Waals surface area contributed by atoms with Crippen LogP contribution in [-0.4, -0.2) is 22.5 Å². The predicted octanol–water partition coefficient (Wildman–Crippen LogP) is 4.98. The van der Waals surface area contributed by atoms with Crippen LogP contribution in [0.4, 0.5) is 18.9 Å². The van der Waals surface area contributed by atoms with Gasteiger partial charge in [0.25, 0.3) is 5.91 Å². The van der Waals surface area contributed by atoms with E-state index >= 15 is 0 Å². The van der Waals surface area contributed by atoms with E-state index in [1.54, 1.807) is 13.0 Å². The van der Waals surface area contributed by atoms with Crippen molar-refractivity contribution in [1.82, 2.24) is 9.97 Å². The summed E-state index contributed by atoms with van der Waals surface area (Å²) in [5, 5.41) is 2.81. The molecule has 8 heteroatoms. The Balaban J connectivity index is 1.42. The molecule has 31 heavy (non-hydrogen) atoms. The number of fused-ring (bicyclic) bond motifs is 1. The minimum atomic E-state index is -4.41. The lowest BCUT2D eigenvalue weighted by atomic mass is 10.1. The molecule has 1 aromatic heterocycles. The molecule has 0 unspecified atom stereocenters. The molecule has 1 heterocycles. The third kappa shape index (κ3) is 5.02. The van der Waals surface area contributed by atoms with Gasteiger partial charge in [0.2, 0.25) is 5.88 Å². The number of rotatable bonds is 5. The van der Waals surface area contributed by atoms with E-state index in [0.717, 1.165) is 37.1 Å². The fraction of sp³-hybridized carbons (Fsp3) is 0.261. The zero-order valence-corrected chi connectivity index (χ0v) is 16.8. The van der Waals surface area contributed by atoms with E-state index in [0.29, 0.717) is 11.3 Å². The maximum Gasteiger partial charge on any atom is 0.416 e. The second-order valence-corrected chi connectivity index (χ2v) is 7.42. The third-order valence-electron chi connectivity index (χ3n) is 5.03. The predicted molar refractivity (Wildman–Crippen MR) is 110 cm³/mol. The number of nitrogens with one attached hydrogen (secondary N) is 1. The van der Waals surface area contributed by atoms with Crippen LogP contribution in [0, 0.1) is 6.92 Å². The van der Waals surface area contributed by atoms with Crippen LogP contribution in [0.1, 0.15) is 28.8 Å². The first kappa shape index (κ1) is 20.8. The lowest BCUT2D eigenvalue weighted by Crippen LogP contribution is -2.20. The van der Waals surface area contributed by atoms with Crippen molar-refractivity contribution in [2.75, 3.05) is 11.9 Å². The monoisotopic (exact) mass is 427 g/mol. The Morgan fingerprint density at radius 3 is 2.52 bits per heavy atom. The molecule has 0 bridgehead atoms. The number of alkyl halides is 3. The summed E-state index contributed by atoms with van der Waals surface area (Å²) in [5.41, 5.74) is 3.54. The number of halogens is 3. The molecule has 3 aromatic rings. The average molecular weight is 427 g/mol. The number of hydrogen-bond donors (Lipinski definition) is 1. The van der Waals surface area contributed by atoms with E-state index < -0.39 is 11.7 Å². The lowest BCUT2D eigenvalue weighted by molar-refractivity contribution is -0.137. The van der Waals surface area contributed by atoms with Crippen molar-refractivity contribution in [3.05, 3.63) is 70.9 Å². The van der Waals surface area contributed by atoms with Gasteiger partial charge in [-0.15, -0.1) is 0 Å². The fourth-order valence-electron chi connectivity index (χ4n) is 3.54. The second kappa shape index (κ2) is 8.37. The number of ether oxygens (including phenoxy) is 1. The van der Waals surface area contributed by atoms with Crippen LogP contribution in [0.15, 0.2) is 48.5 Å². The zero-order chi connectivity index (χ0) is 22.0. The van der Waals surface area contributed by atoms with Gasteiger partial charge in [0.05, 0.1) is 5.56 Å². The zero-order valence-electron chi connectivity index (χ0n) is 16.8. The van der Waals surface area contributed by atoms with E-state index in [1.807, 2.05) is 18.2 Å². The number of aromatic nitrogens is 2.